The Labute approximate surface area is 58.8 Å². The molecule has 0 unspecified atom stereocenters. The summed E-state index contributed by atoms with van der Waals surface area (Å²) >= 11 is 4.02. The molecule has 0 aromatic heterocycles. The van der Waals surface area contributed by atoms with E-state index in [0.29, 0.717) is 0 Å². The Kier molecular flexibility index (Phi) is 9.95. The molecule has 0 saturated carbocycles. The molecule has 2 heteroatoms. The third-order valence-corrected chi connectivity index (χ3v) is 1.10. The van der Waals surface area contributed by atoms with Crippen molar-refractivity contribution in [3.63, 3.8) is 0 Å². The van der Waals surface area contributed by atoms with Crippen LogP contribution in [0.2, 0.25) is 0 Å². The van der Waals surface area contributed by atoms with Crippen LogP contribution in [0, 0.1) is 5.92 Å². The van der Waals surface area contributed by atoms with Crippen LogP contribution in [0.25, 0.3) is 0 Å². The van der Waals surface area contributed by atoms with Gasteiger partial charge in [-0.3, -0.25) is 0 Å². The van der Waals surface area contributed by atoms with Crippen LogP contribution in [-0.2, 0) is 0 Å². The van der Waals surface area contributed by atoms with Gasteiger partial charge in [-0.15, -0.1) is 0 Å². The largest absolute Gasteiger partial charge is 1.00 e. The van der Waals surface area contributed by atoms with Gasteiger partial charge < -0.3 is 1.43 Å². The van der Waals surface area contributed by atoms with E-state index in [1.165, 1.54) is 0 Å². The minimum Gasteiger partial charge on any atom is -1.00 e. The Morgan fingerprint density at radius 3 is 1.83 bits per heavy atom. The van der Waals surface area contributed by atoms with Crippen molar-refractivity contribution in [2.24, 2.45) is 5.92 Å². The van der Waals surface area contributed by atoms with E-state index in [9.17, 15) is 0 Å². The van der Waals surface area contributed by atoms with E-state index < -0.39 is 0 Å². The van der Waals surface area contributed by atoms with Crippen LogP contribution in [0.4, 0.5) is 0 Å². The van der Waals surface area contributed by atoms with E-state index in [0.717, 1.165) is 11.7 Å². The van der Waals surface area contributed by atoms with Crippen molar-refractivity contribution in [1.29, 1.82) is 0 Å². The zero-order valence-electron chi connectivity index (χ0n) is 5.73. The molecule has 0 aliphatic heterocycles. The van der Waals surface area contributed by atoms with Crippen LogP contribution < -0.4 is 18.9 Å². The second kappa shape index (κ2) is 5.95. The first-order chi connectivity index (χ1) is 2.27. The molecular formula is C4H11LiS. The third kappa shape index (κ3) is 8.87. The molecule has 0 radical (unpaired) electrons. The van der Waals surface area contributed by atoms with Gasteiger partial charge in [0.25, 0.3) is 0 Å². The topological polar surface area (TPSA) is 0 Å². The van der Waals surface area contributed by atoms with E-state index in [2.05, 4.69) is 26.5 Å². The fraction of sp³-hybridized carbons (Fsp3) is 1.00. The van der Waals surface area contributed by atoms with E-state index in [1.54, 1.807) is 0 Å². The van der Waals surface area contributed by atoms with Gasteiger partial charge in [0.05, 0.1) is 0 Å². The zero-order chi connectivity index (χ0) is 4.28. The maximum atomic E-state index is 4.02. The van der Waals surface area contributed by atoms with Crippen molar-refractivity contribution in [2.75, 3.05) is 5.75 Å². The molecular weight excluding hydrogens is 87.1 g/mol. The van der Waals surface area contributed by atoms with Crippen molar-refractivity contribution < 1.29 is 20.3 Å². The predicted molar refractivity (Wildman–Crippen MR) is 29.8 cm³/mol. The molecule has 0 saturated heterocycles. The summed E-state index contributed by atoms with van der Waals surface area (Å²) in [6.07, 6.45) is 0. The number of thiol groups is 1. The molecule has 0 amide bonds. The Balaban J connectivity index is -0.0000000800. The Bertz CT molecular complexity index is 25.7. The quantitative estimate of drug-likeness (QED) is 0.305. The molecule has 0 aliphatic rings. The fourth-order valence-corrected chi connectivity index (χ4v) is 0. The van der Waals surface area contributed by atoms with Crippen LogP contribution >= 0.6 is 12.6 Å². The SMILES string of the molecule is CC(C)CS.[H-].[Li+]. The van der Waals surface area contributed by atoms with Gasteiger partial charge in [-0.05, 0) is 11.7 Å². The van der Waals surface area contributed by atoms with Crippen molar-refractivity contribution in [3.05, 3.63) is 0 Å². The minimum atomic E-state index is 0. The van der Waals surface area contributed by atoms with E-state index in [4.69, 9.17) is 0 Å². The standard InChI is InChI=1S/C4H10S.Li.H/c1-4(2)3-5;;/h4-5H,3H2,1-2H3;;/q;+1;-1. The first-order valence-corrected chi connectivity index (χ1v) is 2.51. The maximum Gasteiger partial charge on any atom is 1.00 e. The molecule has 6 heavy (non-hydrogen) atoms. The van der Waals surface area contributed by atoms with Gasteiger partial charge in [0.15, 0.2) is 0 Å². The number of rotatable bonds is 1. The first kappa shape index (κ1) is 10.0. The number of hydrogen-bond donors (Lipinski definition) is 1. The Morgan fingerprint density at radius 1 is 1.67 bits per heavy atom. The molecule has 34 valence electrons. The molecule has 0 aromatic carbocycles. The molecule has 0 nitrogen and oxygen atoms in total. The van der Waals surface area contributed by atoms with Crippen molar-refractivity contribution >= 4 is 12.6 Å². The smallest absolute Gasteiger partial charge is 1.00 e. The summed E-state index contributed by atoms with van der Waals surface area (Å²) in [5.74, 6) is 1.75. The van der Waals surface area contributed by atoms with Gasteiger partial charge >= 0.3 is 18.9 Å². The van der Waals surface area contributed by atoms with Gasteiger partial charge in [-0.25, -0.2) is 0 Å². The molecule has 0 aliphatic carbocycles. The molecule has 0 aromatic rings. The van der Waals surface area contributed by atoms with E-state index in [-0.39, 0.29) is 20.3 Å². The Morgan fingerprint density at radius 2 is 1.83 bits per heavy atom. The van der Waals surface area contributed by atoms with Crippen LogP contribution in [0.15, 0.2) is 0 Å². The minimum absolute atomic E-state index is 0. The summed E-state index contributed by atoms with van der Waals surface area (Å²) in [6, 6.07) is 0. The maximum absolute atomic E-state index is 4.02. The fourth-order valence-electron chi connectivity index (χ4n) is 0. The van der Waals surface area contributed by atoms with Gasteiger partial charge in [-0.1, -0.05) is 13.8 Å². The summed E-state index contributed by atoms with van der Waals surface area (Å²) < 4.78 is 0. The second-order valence-corrected chi connectivity index (χ2v) is 1.94. The summed E-state index contributed by atoms with van der Waals surface area (Å²) in [7, 11) is 0. The van der Waals surface area contributed by atoms with E-state index in [1.807, 2.05) is 0 Å². The number of hydrogen-bond acceptors (Lipinski definition) is 1. The third-order valence-electron chi connectivity index (χ3n) is 0.365. The molecule has 0 bridgehead atoms. The molecule has 0 fully saturated rings. The van der Waals surface area contributed by atoms with Crippen LogP contribution in [0.3, 0.4) is 0 Å². The van der Waals surface area contributed by atoms with Gasteiger partial charge in [0.2, 0.25) is 0 Å². The van der Waals surface area contributed by atoms with Crippen LogP contribution in [0.5, 0.6) is 0 Å². The molecule has 0 heterocycles. The summed E-state index contributed by atoms with van der Waals surface area (Å²) in [6.45, 7) is 4.29. The van der Waals surface area contributed by atoms with Crippen LogP contribution in [-0.4, -0.2) is 5.75 Å². The van der Waals surface area contributed by atoms with Gasteiger partial charge in [0, 0.05) is 0 Å². The van der Waals surface area contributed by atoms with Crippen LogP contribution in [0.1, 0.15) is 15.3 Å². The summed E-state index contributed by atoms with van der Waals surface area (Å²) in [4.78, 5) is 0. The molecule has 0 rings (SSSR count). The average Bonchev–Trinajstić information content (AvgIpc) is 1.38. The van der Waals surface area contributed by atoms with Gasteiger partial charge in [-0.2, -0.15) is 12.6 Å². The van der Waals surface area contributed by atoms with Crippen molar-refractivity contribution in [2.45, 2.75) is 13.8 Å². The monoisotopic (exact) mass is 98.1 g/mol. The predicted octanol–water partition coefficient (Wildman–Crippen LogP) is -1.31. The molecule has 0 spiro atoms. The Hall–Kier alpha value is 0.947. The molecule has 0 N–H and O–H groups in total. The normalized spacial score (nSPS) is 8.00. The molecule has 0 atom stereocenters. The van der Waals surface area contributed by atoms with E-state index >= 15 is 0 Å². The second-order valence-electron chi connectivity index (χ2n) is 1.58. The van der Waals surface area contributed by atoms with Crippen molar-refractivity contribution in [1.82, 2.24) is 0 Å². The van der Waals surface area contributed by atoms with Gasteiger partial charge in [0.1, 0.15) is 0 Å². The van der Waals surface area contributed by atoms with Crippen molar-refractivity contribution in [3.8, 4) is 0 Å². The zero-order valence-corrected chi connectivity index (χ0v) is 5.63. The summed E-state index contributed by atoms with van der Waals surface area (Å²) in [5, 5.41) is 0. The summed E-state index contributed by atoms with van der Waals surface area (Å²) in [5.41, 5.74) is 0. The first-order valence-electron chi connectivity index (χ1n) is 1.88. The average molecular weight is 98.1 g/mol.